The first kappa shape index (κ1) is 19.3. The maximum absolute atomic E-state index is 12.1. The standard InChI is InChI=1S/C20H17BrN2O3S/c1-12-19(13(2)24)27-20(22-12)23-18(25)11-26-17-9-8-15(10-16(17)21)14-6-4-3-5-7-14/h3-10H,11H2,1-2H3,(H,22,23,25). The molecule has 2 aromatic carbocycles. The number of aromatic nitrogens is 1. The van der Waals surface area contributed by atoms with Crippen molar-refractivity contribution in [2.75, 3.05) is 11.9 Å². The summed E-state index contributed by atoms with van der Waals surface area (Å²) in [6.45, 7) is 3.06. The highest BCUT2D eigenvalue weighted by Gasteiger charge is 2.14. The van der Waals surface area contributed by atoms with E-state index in [9.17, 15) is 9.59 Å². The normalized spacial score (nSPS) is 10.5. The van der Waals surface area contributed by atoms with Crippen molar-refractivity contribution in [3.8, 4) is 16.9 Å². The summed E-state index contributed by atoms with van der Waals surface area (Å²) < 4.78 is 6.36. The smallest absolute Gasteiger partial charge is 0.264 e. The second-order valence-electron chi connectivity index (χ2n) is 5.84. The molecule has 5 nitrogen and oxygen atoms in total. The zero-order valence-corrected chi connectivity index (χ0v) is 17.2. The van der Waals surface area contributed by atoms with E-state index in [2.05, 4.69) is 26.2 Å². The third-order valence-corrected chi connectivity index (χ3v) is 5.55. The van der Waals surface area contributed by atoms with Gasteiger partial charge in [-0.3, -0.25) is 14.9 Å². The van der Waals surface area contributed by atoms with E-state index in [0.717, 1.165) is 26.9 Å². The fourth-order valence-electron chi connectivity index (χ4n) is 2.50. The van der Waals surface area contributed by atoms with Gasteiger partial charge in [-0.15, -0.1) is 0 Å². The molecular formula is C20H17BrN2O3S. The topological polar surface area (TPSA) is 68.3 Å². The lowest BCUT2D eigenvalue weighted by molar-refractivity contribution is -0.118. The van der Waals surface area contributed by atoms with Gasteiger partial charge in [0.2, 0.25) is 0 Å². The third kappa shape index (κ3) is 4.81. The van der Waals surface area contributed by atoms with Crippen molar-refractivity contribution in [1.82, 2.24) is 4.98 Å². The largest absolute Gasteiger partial charge is 0.483 e. The van der Waals surface area contributed by atoms with E-state index in [0.29, 0.717) is 21.5 Å². The maximum Gasteiger partial charge on any atom is 0.264 e. The van der Waals surface area contributed by atoms with Crippen LogP contribution < -0.4 is 10.1 Å². The predicted molar refractivity (Wildman–Crippen MR) is 111 cm³/mol. The molecule has 0 saturated carbocycles. The molecule has 0 fully saturated rings. The molecule has 3 rings (SSSR count). The summed E-state index contributed by atoms with van der Waals surface area (Å²) in [5.41, 5.74) is 2.76. The SMILES string of the molecule is CC(=O)c1sc(NC(=O)COc2ccc(-c3ccccc3)cc2Br)nc1C. The highest BCUT2D eigenvalue weighted by atomic mass is 79.9. The highest BCUT2D eigenvalue weighted by Crippen LogP contribution is 2.30. The highest BCUT2D eigenvalue weighted by molar-refractivity contribution is 9.10. The van der Waals surface area contributed by atoms with Crippen LogP contribution in [-0.2, 0) is 4.79 Å². The lowest BCUT2D eigenvalue weighted by atomic mass is 10.1. The van der Waals surface area contributed by atoms with Crippen LogP contribution in [0.15, 0.2) is 53.0 Å². The Balaban J connectivity index is 1.62. The molecule has 0 aliphatic rings. The van der Waals surface area contributed by atoms with Crippen molar-refractivity contribution in [2.45, 2.75) is 13.8 Å². The number of ether oxygens (including phenoxy) is 1. The summed E-state index contributed by atoms with van der Waals surface area (Å²) in [4.78, 5) is 28.3. The Hall–Kier alpha value is -2.51. The summed E-state index contributed by atoms with van der Waals surface area (Å²) in [6.07, 6.45) is 0. The number of hydrogen-bond acceptors (Lipinski definition) is 5. The molecule has 1 amide bonds. The number of carbonyl (C=O) groups is 2. The first-order valence-corrected chi connectivity index (χ1v) is 9.81. The fourth-order valence-corrected chi connectivity index (χ4v) is 3.87. The number of thiazole rings is 1. The fraction of sp³-hybridized carbons (Fsp3) is 0.150. The Bertz CT molecular complexity index is 986. The van der Waals surface area contributed by atoms with E-state index < -0.39 is 0 Å². The number of nitrogens with one attached hydrogen (secondary N) is 1. The minimum Gasteiger partial charge on any atom is -0.483 e. The lowest BCUT2D eigenvalue weighted by Crippen LogP contribution is -2.20. The zero-order valence-electron chi connectivity index (χ0n) is 14.8. The predicted octanol–water partition coefficient (Wildman–Crippen LogP) is 5.10. The Kier molecular flexibility index (Phi) is 6.03. The summed E-state index contributed by atoms with van der Waals surface area (Å²) in [5.74, 6) is 0.173. The molecule has 3 aromatic rings. The van der Waals surface area contributed by atoms with Gasteiger partial charge in [0, 0.05) is 6.92 Å². The van der Waals surface area contributed by atoms with E-state index in [-0.39, 0.29) is 18.3 Å². The second-order valence-corrected chi connectivity index (χ2v) is 7.69. The molecule has 0 saturated heterocycles. The van der Waals surface area contributed by atoms with Gasteiger partial charge in [-0.05, 0) is 46.1 Å². The van der Waals surface area contributed by atoms with Crippen LogP contribution in [0.4, 0.5) is 5.13 Å². The molecule has 0 aliphatic heterocycles. The molecule has 0 atom stereocenters. The summed E-state index contributed by atoms with van der Waals surface area (Å²) >= 11 is 4.65. The average molecular weight is 445 g/mol. The molecule has 138 valence electrons. The van der Waals surface area contributed by atoms with Crippen LogP contribution in [0.1, 0.15) is 22.3 Å². The quantitative estimate of drug-likeness (QED) is 0.536. The van der Waals surface area contributed by atoms with Crippen molar-refractivity contribution in [2.24, 2.45) is 0 Å². The van der Waals surface area contributed by atoms with E-state index >= 15 is 0 Å². The van der Waals surface area contributed by atoms with Crippen molar-refractivity contribution in [3.05, 3.63) is 63.6 Å². The van der Waals surface area contributed by atoms with Crippen LogP contribution in [0.25, 0.3) is 11.1 Å². The van der Waals surface area contributed by atoms with Gasteiger partial charge in [-0.25, -0.2) is 4.98 Å². The van der Waals surface area contributed by atoms with Crippen LogP contribution in [0, 0.1) is 6.92 Å². The van der Waals surface area contributed by atoms with Gasteiger partial charge in [-0.1, -0.05) is 47.7 Å². The monoisotopic (exact) mass is 444 g/mol. The first-order valence-electron chi connectivity index (χ1n) is 8.20. The number of anilines is 1. The van der Waals surface area contributed by atoms with E-state index in [1.165, 1.54) is 6.92 Å². The molecule has 1 aromatic heterocycles. The summed E-state index contributed by atoms with van der Waals surface area (Å²) in [6, 6.07) is 15.7. The molecule has 1 N–H and O–H groups in total. The van der Waals surface area contributed by atoms with Crippen molar-refractivity contribution >= 4 is 44.1 Å². The maximum atomic E-state index is 12.1. The van der Waals surface area contributed by atoms with Gasteiger partial charge in [0.25, 0.3) is 5.91 Å². The Morgan fingerprint density at radius 2 is 1.89 bits per heavy atom. The summed E-state index contributed by atoms with van der Waals surface area (Å²) in [5, 5.41) is 3.05. The number of carbonyl (C=O) groups excluding carboxylic acids is 2. The number of amides is 1. The van der Waals surface area contributed by atoms with Gasteiger partial charge in [0.15, 0.2) is 17.5 Å². The zero-order chi connectivity index (χ0) is 19.4. The molecule has 7 heteroatoms. The van der Waals surface area contributed by atoms with Crippen molar-refractivity contribution in [3.63, 3.8) is 0 Å². The lowest BCUT2D eigenvalue weighted by Gasteiger charge is -2.09. The molecule has 0 aliphatic carbocycles. The van der Waals surface area contributed by atoms with E-state index in [1.807, 2.05) is 48.5 Å². The van der Waals surface area contributed by atoms with Crippen LogP contribution in [-0.4, -0.2) is 23.3 Å². The van der Waals surface area contributed by atoms with Crippen LogP contribution >= 0.6 is 27.3 Å². The molecule has 0 spiro atoms. The average Bonchev–Trinajstić information content (AvgIpc) is 3.01. The van der Waals surface area contributed by atoms with Gasteiger partial charge >= 0.3 is 0 Å². The Labute approximate surface area is 169 Å². The van der Waals surface area contributed by atoms with Gasteiger partial charge < -0.3 is 4.74 Å². The number of hydrogen-bond donors (Lipinski definition) is 1. The molecule has 0 unspecified atom stereocenters. The van der Waals surface area contributed by atoms with Gasteiger partial charge in [0.1, 0.15) is 5.75 Å². The Morgan fingerprint density at radius 1 is 1.15 bits per heavy atom. The van der Waals surface area contributed by atoms with Crippen LogP contribution in [0.2, 0.25) is 0 Å². The third-order valence-electron chi connectivity index (χ3n) is 3.76. The van der Waals surface area contributed by atoms with E-state index in [1.54, 1.807) is 6.92 Å². The number of Topliss-reactive ketones (excluding diaryl/α,β-unsaturated/α-hetero) is 1. The number of benzene rings is 2. The molecule has 0 bridgehead atoms. The van der Waals surface area contributed by atoms with Gasteiger partial charge in [-0.2, -0.15) is 0 Å². The number of rotatable bonds is 6. The van der Waals surface area contributed by atoms with Crippen LogP contribution in [0.5, 0.6) is 5.75 Å². The summed E-state index contributed by atoms with van der Waals surface area (Å²) in [7, 11) is 0. The molecule has 0 radical (unpaired) electrons. The number of nitrogens with zero attached hydrogens (tertiary/aromatic N) is 1. The first-order chi connectivity index (χ1) is 12.9. The second kappa shape index (κ2) is 8.45. The molecule has 27 heavy (non-hydrogen) atoms. The molecular weight excluding hydrogens is 428 g/mol. The number of ketones is 1. The van der Waals surface area contributed by atoms with E-state index in [4.69, 9.17) is 4.74 Å². The van der Waals surface area contributed by atoms with Crippen molar-refractivity contribution < 1.29 is 14.3 Å². The van der Waals surface area contributed by atoms with Crippen molar-refractivity contribution in [1.29, 1.82) is 0 Å². The minimum absolute atomic E-state index is 0.0656. The Morgan fingerprint density at radius 3 is 2.52 bits per heavy atom. The number of halogens is 1. The van der Waals surface area contributed by atoms with Gasteiger partial charge in [0.05, 0.1) is 15.0 Å². The molecule has 1 heterocycles. The minimum atomic E-state index is -0.335. The number of aryl methyl sites for hydroxylation is 1. The van der Waals surface area contributed by atoms with Crippen LogP contribution in [0.3, 0.4) is 0 Å².